The van der Waals surface area contributed by atoms with E-state index in [-0.39, 0.29) is 0 Å². The smallest absolute Gasteiger partial charge is 0.166 e. The van der Waals surface area contributed by atoms with E-state index in [0.29, 0.717) is 6.04 Å². The molecule has 70 valence electrons. The van der Waals surface area contributed by atoms with Gasteiger partial charge in [-0.15, -0.1) is 0 Å². The Hall–Kier alpha value is -0.310. The molecule has 1 fully saturated rings. The van der Waals surface area contributed by atoms with Crippen LogP contribution in [0.2, 0.25) is 0 Å². The lowest BCUT2D eigenvalue weighted by Gasteiger charge is -2.10. The molecule has 12 heavy (non-hydrogen) atoms. The predicted molar refractivity (Wildman–Crippen MR) is 56.2 cm³/mol. The summed E-state index contributed by atoms with van der Waals surface area (Å²) in [5, 5.41) is 7.29. The summed E-state index contributed by atoms with van der Waals surface area (Å²) in [5.74, 6) is 0.751. The maximum atomic E-state index is 5.10. The normalized spacial score (nSPS) is 16.2. The molecule has 2 nitrogen and oxygen atoms in total. The minimum Gasteiger partial charge on any atom is -0.363 e. The van der Waals surface area contributed by atoms with Gasteiger partial charge in [0, 0.05) is 12.6 Å². The quantitative estimate of drug-likeness (QED) is 0.653. The number of rotatable bonds is 4. The van der Waals surface area contributed by atoms with E-state index in [1.807, 2.05) is 0 Å². The van der Waals surface area contributed by atoms with E-state index < -0.39 is 0 Å². The highest BCUT2D eigenvalue weighted by Crippen LogP contribution is 2.18. The number of hydrogen-bond acceptors (Lipinski definition) is 1. The van der Waals surface area contributed by atoms with Gasteiger partial charge in [-0.05, 0) is 37.4 Å². The molecule has 0 aromatic rings. The van der Waals surface area contributed by atoms with Crippen LogP contribution in [0.15, 0.2) is 0 Å². The highest BCUT2D eigenvalue weighted by Gasteiger charge is 2.21. The van der Waals surface area contributed by atoms with Crippen LogP contribution in [0.1, 0.15) is 33.1 Å². The molecule has 0 heterocycles. The highest BCUT2D eigenvalue weighted by atomic mass is 32.1. The lowest BCUT2D eigenvalue weighted by molar-refractivity contribution is 0.575. The van der Waals surface area contributed by atoms with Gasteiger partial charge in [0.1, 0.15) is 0 Å². The van der Waals surface area contributed by atoms with Gasteiger partial charge in [0.05, 0.1) is 0 Å². The Bertz CT molecular complexity index is 153. The molecule has 0 bridgehead atoms. The molecule has 1 rings (SSSR count). The fourth-order valence-electron chi connectivity index (χ4n) is 0.938. The summed E-state index contributed by atoms with van der Waals surface area (Å²) in [7, 11) is 0. The molecular formula is C9H18N2S. The third-order valence-electron chi connectivity index (χ3n) is 1.92. The molecule has 0 aromatic heterocycles. The summed E-state index contributed by atoms with van der Waals surface area (Å²) in [6.07, 6.45) is 3.75. The average Bonchev–Trinajstić information content (AvgIpc) is 2.70. The van der Waals surface area contributed by atoms with Crippen molar-refractivity contribution in [1.82, 2.24) is 10.6 Å². The maximum absolute atomic E-state index is 5.10. The third-order valence-corrected chi connectivity index (χ3v) is 2.18. The van der Waals surface area contributed by atoms with E-state index in [9.17, 15) is 0 Å². The Morgan fingerprint density at radius 3 is 2.67 bits per heavy atom. The van der Waals surface area contributed by atoms with Crippen molar-refractivity contribution >= 4 is 17.3 Å². The van der Waals surface area contributed by atoms with Gasteiger partial charge in [-0.3, -0.25) is 0 Å². The third kappa shape index (κ3) is 4.54. The van der Waals surface area contributed by atoms with Crippen LogP contribution >= 0.6 is 12.2 Å². The molecule has 1 aliphatic carbocycles. The zero-order valence-electron chi connectivity index (χ0n) is 7.89. The van der Waals surface area contributed by atoms with Gasteiger partial charge in [0.25, 0.3) is 0 Å². The molecule has 3 heteroatoms. The summed E-state index contributed by atoms with van der Waals surface area (Å²) >= 11 is 5.10. The second-order valence-electron chi connectivity index (χ2n) is 3.86. The van der Waals surface area contributed by atoms with Gasteiger partial charge in [0.15, 0.2) is 5.11 Å². The Balaban J connectivity index is 1.94. The first-order valence-corrected chi connectivity index (χ1v) is 5.13. The van der Waals surface area contributed by atoms with Gasteiger partial charge in [-0.1, -0.05) is 13.8 Å². The van der Waals surface area contributed by atoms with Crippen molar-refractivity contribution in [2.24, 2.45) is 5.92 Å². The van der Waals surface area contributed by atoms with Crippen LogP contribution < -0.4 is 10.6 Å². The van der Waals surface area contributed by atoms with Gasteiger partial charge in [-0.2, -0.15) is 0 Å². The summed E-state index contributed by atoms with van der Waals surface area (Å²) < 4.78 is 0. The average molecular weight is 186 g/mol. The molecule has 0 saturated heterocycles. The molecule has 1 saturated carbocycles. The van der Waals surface area contributed by atoms with Crippen molar-refractivity contribution < 1.29 is 0 Å². The molecule has 2 N–H and O–H groups in total. The maximum Gasteiger partial charge on any atom is 0.166 e. The van der Waals surface area contributed by atoms with Gasteiger partial charge in [0.2, 0.25) is 0 Å². The summed E-state index contributed by atoms with van der Waals surface area (Å²) in [6, 6.07) is 0.670. The van der Waals surface area contributed by atoms with Crippen LogP contribution in [0, 0.1) is 5.92 Å². The lowest BCUT2D eigenvalue weighted by Crippen LogP contribution is -2.37. The highest BCUT2D eigenvalue weighted by molar-refractivity contribution is 7.80. The van der Waals surface area contributed by atoms with Gasteiger partial charge in [-0.25, -0.2) is 0 Å². The molecule has 0 unspecified atom stereocenters. The minimum absolute atomic E-state index is 0.670. The van der Waals surface area contributed by atoms with E-state index in [4.69, 9.17) is 12.2 Å². The van der Waals surface area contributed by atoms with Gasteiger partial charge < -0.3 is 10.6 Å². The van der Waals surface area contributed by atoms with E-state index in [2.05, 4.69) is 24.5 Å². The van der Waals surface area contributed by atoms with Crippen LogP contribution in [0.3, 0.4) is 0 Å². The molecule has 0 radical (unpaired) electrons. The van der Waals surface area contributed by atoms with E-state index in [1.54, 1.807) is 0 Å². The first kappa shape index (κ1) is 9.78. The fraction of sp³-hybridized carbons (Fsp3) is 0.889. The second-order valence-corrected chi connectivity index (χ2v) is 4.27. The standard InChI is InChI=1S/C9H18N2S/c1-7(2)5-6-10-9(12)11-8-3-4-8/h7-8H,3-6H2,1-2H3,(H2,10,11,12). The van der Waals surface area contributed by atoms with Gasteiger partial charge >= 0.3 is 0 Å². The largest absolute Gasteiger partial charge is 0.363 e. The Labute approximate surface area is 80.1 Å². The zero-order valence-corrected chi connectivity index (χ0v) is 8.71. The van der Waals surface area contributed by atoms with Crippen molar-refractivity contribution in [1.29, 1.82) is 0 Å². The van der Waals surface area contributed by atoms with Crippen molar-refractivity contribution in [2.75, 3.05) is 6.54 Å². The SMILES string of the molecule is CC(C)CCNC(=S)NC1CC1. The molecule has 1 aliphatic rings. The zero-order chi connectivity index (χ0) is 8.97. The molecule has 0 amide bonds. The number of nitrogens with one attached hydrogen (secondary N) is 2. The Kier molecular flexibility index (Phi) is 3.79. The molecular weight excluding hydrogens is 168 g/mol. The second kappa shape index (κ2) is 4.65. The van der Waals surface area contributed by atoms with Crippen molar-refractivity contribution in [3.05, 3.63) is 0 Å². The van der Waals surface area contributed by atoms with Crippen LogP contribution in [0.25, 0.3) is 0 Å². The van der Waals surface area contributed by atoms with Crippen LogP contribution in [-0.2, 0) is 0 Å². The lowest BCUT2D eigenvalue weighted by atomic mass is 10.1. The number of hydrogen-bond donors (Lipinski definition) is 2. The first-order chi connectivity index (χ1) is 5.68. The topological polar surface area (TPSA) is 24.1 Å². The molecule has 0 spiro atoms. The summed E-state index contributed by atoms with van der Waals surface area (Å²) in [5.41, 5.74) is 0. The summed E-state index contributed by atoms with van der Waals surface area (Å²) in [4.78, 5) is 0. The fourth-order valence-corrected chi connectivity index (χ4v) is 1.21. The first-order valence-electron chi connectivity index (χ1n) is 4.73. The van der Waals surface area contributed by atoms with Crippen LogP contribution in [-0.4, -0.2) is 17.7 Å². The summed E-state index contributed by atoms with van der Waals surface area (Å²) in [6.45, 7) is 5.44. The van der Waals surface area contributed by atoms with Crippen molar-refractivity contribution in [2.45, 2.75) is 39.2 Å². The van der Waals surface area contributed by atoms with Crippen LogP contribution in [0.4, 0.5) is 0 Å². The molecule has 0 aromatic carbocycles. The van der Waals surface area contributed by atoms with E-state index in [1.165, 1.54) is 19.3 Å². The molecule has 0 aliphatic heterocycles. The minimum atomic E-state index is 0.670. The van der Waals surface area contributed by atoms with E-state index >= 15 is 0 Å². The number of thiocarbonyl (C=S) groups is 1. The molecule has 0 atom stereocenters. The van der Waals surface area contributed by atoms with Crippen LogP contribution in [0.5, 0.6) is 0 Å². The monoisotopic (exact) mass is 186 g/mol. The Morgan fingerprint density at radius 1 is 1.50 bits per heavy atom. The predicted octanol–water partition coefficient (Wildman–Crippen LogP) is 1.66. The van der Waals surface area contributed by atoms with E-state index in [0.717, 1.165) is 17.6 Å². The van der Waals surface area contributed by atoms with Crippen molar-refractivity contribution in [3.8, 4) is 0 Å². The van der Waals surface area contributed by atoms with Crippen molar-refractivity contribution in [3.63, 3.8) is 0 Å². The Morgan fingerprint density at radius 2 is 2.17 bits per heavy atom.